The summed E-state index contributed by atoms with van der Waals surface area (Å²) in [4.78, 5) is 10.8. The fourth-order valence-corrected chi connectivity index (χ4v) is 3.08. The lowest BCUT2D eigenvalue weighted by Gasteiger charge is -2.25. The molecule has 0 heterocycles. The van der Waals surface area contributed by atoms with Crippen molar-refractivity contribution < 1.29 is 9.31 Å². The predicted octanol–water partition coefficient (Wildman–Crippen LogP) is 5.48. The van der Waals surface area contributed by atoms with Crippen LogP contribution in [0.4, 0.5) is 10.1 Å². The molecule has 0 bridgehead atoms. The third kappa shape index (κ3) is 4.57. The molecular formula is C22H21FN2O2. The van der Waals surface area contributed by atoms with Gasteiger partial charge in [0.2, 0.25) is 0 Å². The highest BCUT2D eigenvalue weighted by Gasteiger charge is 2.20. The van der Waals surface area contributed by atoms with Gasteiger partial charge in [-0.2, -0.15) is 0 Å². The number of nitrogens with zero attached hydrogens (tertiary/aromatic N) is 1. The third-order valence-electron chi connectivity index (χ3n) is 4.59. The van der Waals surface area contributed by atoms with Gasteiger partial charge < -0.3 is 0 Å². The van der Waals surface area contributed by atoms with Crippen molar-refractivity contribution in [1.29, 1.82) is 0 Å². The molecule has 2 atom stereocenters. The number of non-ortho nitro benzene ring substituents is 1. The van der Waals surface area contributed by atoms with Crippen LogP contribution in [-0.4, -0.2) is 4.92 Å². The normalized spacial score (nSPS) is 13.1. The Morgan fingerprint density at radius 2 is 1.59 bits per heavy atom. The quantitative estimate of drug-likeness (QED) is 0.465. The molecule has 0 saturated carbocycles. The van der Waals surface area contributed by atoms with Crippen LogP contribution in [-0.2, 0) is 0 Å². The molecule has 0 aliphatic carbocycles. The van der Waals surface area contributed by atoms with E-state index in [-0.39, 0.29) is 23.6 Å². The van der Waals surface area contributed by atoms with E-state index < -0.39 is 4.92 Å². The second-order valence-corrected chi connectivity index (χ2v) is 6.64. The molecule has 0 spiro atoms. The summed E-state index contributed by atoms with van der Waals surface area (Å²) in [5.41, 5.74) is 3.78. The zero-order valence-corrected chi connectivity index (χ0v) is 15.2. The average molecular weight is 364 g/mol. The lowest BCUT2D eigenvalue weighted by Crippen LogP contribution is -2.25. The van der Waals surface area contributed by atoms with E-state index in [1.54, 1.807) is 18.2 Å². The van der Waals surface area contributed by atoms with Gasteiger partial charge in [0.1, 0.15) is 5.82 Å². The minimum atomic E-state index is -0.397. The number of rotatable bonds is 6. The first-order valence-electron chi connectivity index (χ1n) is 8.76. The molecule has 0 saturated heterocycles. The Balaban J connectivity index is 1.98. The fourth-order valence-electron chi connectivity index (χ4n) is 3.08. The molecule has 1 unspecified atom stereocenters. The van der Waals surface area contributed by atoms with Crippen molar-refractivity contribution in [2.45, 2.75) is 25.9 Å². The Kier molecular flexibility index (Phi) is 5.62. The Hall–Kier alpha value is -3.05. The molecule has 5 heteroatoms. The standard InChI is InChI=1S/C22H21FN2O2/c1-15-9-11-17(12-10-15)22(19-6-4-8-21(14-19)25(26)27)24-16(2)18-5-3-7-20(23)13-18/h3-14,16,22,24H,1-2H3/t16-,22?/m1/s1. The predicted molar refractivity (Wildman–Crippen MR) is 104 cm³/mol. The molecule has 3 aromatic carbocycles. The second-order valence-electron chi connectivity index (χ2n) is 6.64. The molecule has 0 amide bonds. The van der Waals surface area contributed by atoms with Crippen molar-refractivity contribution in [1.82, 2.24) is 5.32 Å². The highest BCUT2D eigenvalue weighted by molar-refractivity contribution is 5.41. The van der Waals surface area contributed by atoms with E-state index in [0.717, 1.165) is 22.3 Å². The average Bonchev–Trinajstić information content (AvgIpc) is 2.67. The van der Waals surface area contributed by atoms with Crippen molar-refractivity contribution >= 4 is 5.69 Å². The molecule has 3 aromatic rings. The second kappa shape index (κ2) is 8.10. The molecule has 0 radical (unpaired) electrons. The van der Waals surface area contributed by atoms with Gasteiger partial charge >= 0.3 is 0 Å². The van der Waals surface area contributed by atoms with Gasteiger partial charge in [-0.3, -0.25) is 15.4 Å². The van der Waals surface area contributed by atoms with Crippen LogP contribution >= 0.6 is 0 Å². The van der Waals surface area contributed by atoms with Crippen molar-refractivity contribution in [3.63, 3.8) is 0 Å². The highest BCUT2D eigenvalue weighted by Crippen LogP contribution is 2.28. The molecular weight excluding hydrogens is 343 g/mol. The first-order valence-corrected chi connectivity index (χ1v) is 8.76. The van der Waals surface area contributed by atoms with E-state index in [2.05, 4.69) is 5.32 Å². The van der Waals surface area contributed by atoms with E-state index in [4.69, 9.17) is 0 Å². The summed E-state index contributed by atoms with van der Waals surface area (Å²) in [5.74, 6) is -0.289. The first-order chi connectivity index (χ1) is 12.9. The van der Waals surface area contributed by atoms with E-state index in [1.807, 2.05) is 50.2 Å². The number of hydrogen-bond acceptors (Lipinski definition) is 3. The van der Waals surface area contributed by atoms with Gasteiger partial charge in [0.15, 0.2) is 0 Å². The number of aryl methyl sites for hydroxylation is 1. The van der Waals surface area contributed by atoms with Crippen LogP contribution in [0.1, 0.15) is 41.3 Å². The van der Waals surface area contributed by atoms with Gasteiger partial charge in [-0.25, -0.2) is 4.39 Å². The lowest BCUT2D eigenvalue weighted by atomic mass is 9.95. The number of halogens is 1. The lowest BCUT2D eigenvalue weighted by molar-refractivity contribution is -0.384. The molecule has 0 aromatic heterocycles. The maximum atomic E-state index is 13.6. The third-order valence-corrected chi connectivity index (χ3v) is 4.59. The maximum absolute atomic E-state index is 13.6. The van der Waals surface area contributed by atoms with Crippen molar-refractivity contribution in [3.05, 3.63) is 111 Å². The van der Waals surface area contributed by atoms with Crippen LogP contribution in [0.15, 0.2) is 72.8 Å². The smallest absolute Gasteiger partial charge is 0.269 e. The van der Waals surface area contributed by atoms with Gasteiger partial charge in [-0.05, 0) is 42.7 Å². The van der Waals surface area contributed by atoms with E-state index in [1.165, 1.54) is 18.2 Å². The first kappa shape index (κ1) is 18.7. The summed E-state index contributed by atoms with van der Waals surface area (Å²) in [6.45, 7) is 3.96. The molecule has 0 aliphatic heterocycles. The van der Waals surface area contributed by atoms with Crippen LogP contribution in [0.25, 0.3) is 0 Å². The summed E-state index contributed by atoms with van der Waals surface area (Å²) in [6.07, 6.45) is 0. The Morgan fingerprint density at radius 3 is 2.26 bits per heavy atom. The number of hydrogen-bond donors (Lipinski definition) is 1. The SMILES string of the molecule is Cc1ccc(C(N[C@H](C)c2cccc(F)c2)c2cccc([N+](=O)[O-])c2)cc1. The zero-order chi connectivity index (χ0) is 19.4. The number of nitro benzene ring substituents is 1. The van der Waals surface area contributed by atoms with Crippen molar-refractivity contribution in [2.24, 2.45) is 0 Å². The summed E-state index contributed by atoms with van der Waals surface area (Å²) in [5, 5.41) is 14.7. The Bertz CT molecular complexity index is 941. The van der Waals surface area contributed by atoms with E-state index in [0.29, 0.717) is 0 Å². The van der Waals surface area contributed by atoms with Crippen LogP contribution in [0.3, 0.4) is 0 Å². The molecule has 27 heavy (non-hydrogen) atoms. The minimum absolute atomic E-state index is 0.0461. The summed E-state index contributed by atoms with van der Waals surface area (Å²) in [6, 6.07) is 20.7. The Labute approximate surface area is 157 Å². The molecule has 4 nitrogen and oxygen atoms in total. The van der Waals surface area contributed by atoms with E-state index >= 15 is 0 Å². The molecule has 0 fully saturated rings. The van der Waals surface area contributed by atoms with E-state index in [9.17, 15) is 14.5 Å². The molecule has 0 aliphatic rings. The summed E-state index contributed by atoms with van der Waals surface area (Å²) < 4.78 is 13.6. The summed E-state index contributed by atoms with van der Waals surface area (Å²) >= 11 is 0. The van der Waals surface area contributed by atoms with Crippen molar-refractivity contribution in [2.75, 3.05) is 0 Å². The zero-order valence-electron chi connectivity index (χ0n) is 15.2. The number of nitro groups is 1. The molecule has 1 N–H and O–H groups in total. The largest absolute Gasteiger partial charge is 0.300 e. The van der Waals surface area contributed by atoms with Gasteiger partial charge in [-0.15, -0.1) is 0 Å². The van der Waals surface area contributed by atoms with Crippen LogP contribution in [0.2, 0.25) is 0 Å². The van der Waals surface area contributed by atoms with Gasteiger partial charge in [0.25, 0.3) is 5.69 Å². The van der Waals surface area contributed by atoms with Crippen molar-refractivity contribution in [3.8, 4) is 0 Å². The van der Waals surface area contributed by atoms with Crippen LogP contribution in [0.5, 0.6) is 0 Å². The maximum Gasteiger partial charge on any atom is 0.269 e. The van der Waals surface area contributed by atoms with Crippen LogP contribution in [0, 0.1) is 22.9 Å². The van der Waals surface area contributed by atoms with Gasteiger partial charge in [-0.1, -0.05) is 54.1 Å². The molecule has 138 valence electrons. The number of nitrogens with one attached hydrogen (secondary N) is 1. The summed E-state index contributed by atoms with van der Waals surface area (Å²) in [7, 11) is 0. The van der Waals surface area contributed by atoms with Crippen LogP contribution < -0.4 is 5.32 Å². The number of benzene rings is 3. The Morgan fingerprint density at radius 1 is 0.926 bits per heavy atom. The highest BCUT2D eigenvalue weighted by atomic mass is 19.1. The molecule has 3 rings (SSSR count). The van der Waals surface area contributed by atoms with Gasteiger partial charge in [0.05, 0.1) is 11.0 Å². The topological polar surface area (TPSA) is 55.2 Å². The fraction of sp³-hybridized carbons (Fsp3) is 0.182. The minimum Gasteiger partial charge on any atom is -0.300 e. The monoisotopic (exact) mass is 364 g/mol. The van der Waals surface area contributed by atoms with Gasteiger partial charge in [0, 0.05) is 18.2 Å².